The first-order valence-electron chi connectivity index (χ1n) is 7.73. The van der Waals surface area contributed by atoms with Crippen molar-refractivity contribution >= 4 is 0 Å². The van der Waals surface area contributed by atoms with Crippen LogP contribution in [0.1, 0.15) is 38.8 Å². The summed E-state index contributed by atoms with van der Waals surface area (Å²) in [4.78, 5) is 0. The first-order chi connectivity index (χ1) is 10.4. The molecular formula is C22H24. The van der Waals surface area contributed by atoms with Crippen molar-refractivity contribution in [3.05, 3.63) is 83.9 Å². The van der Waals surface area contributed by atoms with E-state index in [0.29, 0.717) is 0 Å². The van der Waals surface area contributed by atoms with Gasteiger partial charge in [0.05, 0.1) is 5.41 Å². The molecule has 0 aromatic heterocycles. The van der Waals surface area contributed by atoms with Crippen LogP contribution in [0.2, 0.25) is 0 Å². The van der Waals surface area contributed by atoms with Crippen molar-refractivity contribution in [2.75, 3.05) is 0 Å². The van der Waals surface area contributed by atoms with Gasteiger partial charge in [-0.2, -0.15) is 0 Å². The fraction of sp³-hybridized carbons (Fsp3) is 0.273. The van der Waals surface area contributed by atoms with Gasteiger partial charge in [0.2, 0.25) is 0 Å². The van der Waals surface area contributed by atoms with E-state index in [2.05, 4.69) is 94.1 Å². The minimum absolute atomic E-state index is 0.00711. The fourth-order valence-electron chi connectivity index (χ4n) is 2.36. The summed E-state index contributed by atoms with van der Waals surface area (Å²) in [6.07, 6.45) is 4.16. The number of hydrogen-bond donors (Lipinski definition) is 0. The molecule has 0 saturated heterocycles. The lowest BCUT2D eigenvalue weighted by molar-refractivity contribution is 0.670. The minimum atomic E-state index is -0.136. The van der Waals surface area contributed by atoms with Crippen LogP contribution in [-0.2, 0) is 10.8 Å². The summed E-state index contributed by atoms with van der Waals surface area (Å²) in [5.74, 6) is 6.58. The highest BCUT2D eigenvalue weighted by atomic mass is 14.2. The van der Waals surface area contributed by atoms with Gasteiger partial charge in [-0.25, -0.2) is 0 Å². The van der Waals surface area contributed by atoms with E-state index < -0.39 is 0 Å². The molecule has 0 fully saturated rings. The van der Waals surface area contributed by atoms with Crippen molar-refractivity contribution in [2.45, 2.75) is 38.5 Å². The Morgan fingerprint density at radius 3 is 1.77 bits per heavy atom. The van der Waals surface area contributed by atoms with E-state index in [1.54, 1.807) is 0 Å². The van der Waals surface area contributed by atoms with Crippen LogP contribution in [0.15, 0.2) is 72.8 Å². The van der Waals surface area contributed by atoms with E-state index >= 15 is 0 Å². The monoisotopic (exact) mass is 288 g/mol. The normalized spacial score (nSPS) is 12.0. The van der Waals surface area contributed by atoms with Crippen molar-refractivity contribution in [3.8, 4) is 11.8 Å². The topological polar surface area (TPSA) is 0 Å². The number of benzene rings is 2. The second-order valence-corrected chi connectivity index (χ2v) is 6.68. The molecule has 0 aliphatic heterocycles. The second kappa shape index (κ2) is 6.67. The minimum Gasteiger partial charge on any atom is -0.0875 e. The van der Waals surface area contributed by atoms with Crippen LogP contribution in [0.3, 0.4) is 0 Å². The van der Waals surface area contributed by atoms with E-state index in [4.69, 9.17) is 0 Å². The third kappa shape index (κ3) is 4.12. The Balaban J connectivity index is 2.13. The van der Waals surface area contributed by atoms with Gasteiger partial charge in [-0.1, -0.05) is 92.4 Å². The summed E-state index contributed by atoms with van der Waals surface area (Å²) >= 11 is 0. The quantitative estimate of drug-likeness (QED) is 0.654. The highest BCUT2D eigenvalue weighted by Gasteiger charge is 2.17. The summed E-state index contributed by atoms with van der Waals surface area (Å²) < 4.78 is 0. The molecule has 0 bridgehead atoms. The molecule has 0 radical (unpaired) electrons. The van der Waals surface area contributed by atoms with E-state index in [1.165, 1.54) is 11.1 Å². The van der Waals surface area contributed by atoms with Gasteiger partial charge < -0.3 is 0 Å². The Kier molecular flexibility index (Phi) is 4.88. The van der Waals surface area contributed by atoms with Crippen molar-refractivity contribution in [2.24, 2.45) is 0 Å². The fourth-order valence-corrected chi connectivity index (χ4v) is 2.36. The van der Waals surface area contributed by atoms with Gasteiger partial charge in [-0.15, -0.1) is 0 Å². The molecule has 22 heavy (non-hydrogen) atoms. The lowest BCUT2D eigenvalue weighted by atomic mass is 9.84. The molecule has 0 saturated carbocycles. The summed E-state index contributed by atoms with van der Waals surface area (Å²) in [7, 11) is 0. The van der Waals surface area contributed by atoms with E-state index in [0.717, 1.165) is 0 Å². The van der Waals surface area contributed by atoms with Gasteiger partial charge in [0, 0.05) is 5.41 Å². The third-order valence-electron chi connectivity index (χ3n) is 3.98. The van der Waals surface area contributed by atoms with Crippen LogP contribution in [-0.4, -0.2) is 0 Å². The predicted octanol–water partition coefficient (Wildman–Crippen LogP) is 5.50. The maximum Gasteiger partial charge on any atom is 0.0510 e. The molecule has 0 heterocycles. The van der Waals surface area contributed by atoms with Crippen LogP contribution in [0.5, 0.6) is 0 Å². The van der Waals surface area contributed by atoms with Crippen LogP contribution < -0.4 is 0 Å². The molecule has 0 unspecified atom stereocenters. The molecule has 0 nitrogen and oxygen atoms in total. The van der Waals surface area contributed by atoms with Crippen LogP contribution in [0.25, 0.3) is 0 Å². The van der Waals surface area contributed by atoms with Crippen molar-refractivity contribution in [1.29, 1.82) is 0 Å². The zero-order valence-electron chi connectivity index (χ0n) is 13.9. The van der Waals surface area contributed by atoms with Crippen LogP contribution >= 0.6 is 0 Å². The van der Waals surface area contributed by atoms with Crippen molar-refractivity contribution in [1.82, 2.24) is 0 Å². The summed E-state index contributed by atoms with van der Waals surface area (Å²) in [5, 5.41) is 0. The zero-order valence-corrected chi connectivity index (χ0v) is 13.9. The van der Waals surface area contributed by atoms with E-state index in [9.17, 15) is 0 Å². The van der Waals surface area contributed by atoms with Gasteiger partial charge in [-0.3, -0.25) is 0 Å². The van der Waals surface area contributed by atoms with Gasteiger partial charge in [0.1, 0.15) is 0 Å². The van der Waals surface area contributed by atoms with E-state index in [-0.39, 0.29) is 10.8 Å². The molecule has 0 N–H and O–H groups in total. The SMILES string of the molecule is CC(C)(C#C/C=C\C(C)(C)c1ccccc1)c1ccccc1. The maximum atomic E-state index is 3.36. The van der Waals surface area contributed by atoms with Crippen molar-refractivity contribution < 1.29 is 0 Å². The molecule has 0 aliphatic carbocycles. The average Bonchev–Trinajstić information content (AvgIpc) is 2.53. The number of hydrogen-bond acceptors (Lipinski definition) is 0. The second-order valence-electron chi connectivity index (χ2n) is 6.68. The van der Waals surface area contributed by atoms with Crippen molar-refractivity contribution in [3.63, 3.8) is 0 Å². The Labute approximate surface area is 134 Å². The third-order valence-corrected chi connectivity index (χ3v) is 3.98. The lowest BCUT2D eigenvalue weighted by Gasteiger charge is -2.20. The molecule has 0 spiro atoms. The molecule has 2 rings (SSSR count). The Bertz CT molecular complexity index is 677. The molecule has 112 valence electrons. The first kappa shape index (κ1) is 16.1. The molecule has 0 amide bonds. The predicted molar refractivity (Wildman–Crippen MR) is 95.9 cm³/mol. The molecule has 0 heteroatoms. The Morgan fingerprint density at radius 1 is 0.727 bits per heavy atom. The van der Waals surface area contributed by atoms with Gasteiger partial charge in [0.15, 0.2) is 0 Å². The molecular weight excluding hydrogens is 264 g/mol. The summed E-state index contributed by atoms with van der Waals surface area (Å²) in [6, 6.07) is 20.9. The van der Waals surface area contributed by atoms with Crippen LogP contribution in [0.4, 0.5) is 0 Å². The summed E-state index contributed by atoms with van der Waals surface area (Å²) in [6.45, 7) is 8.74. The standard InChI is InChI=1S/C22H24/c1-21(2,19-13-7-5-8-14-19)17-11-12-18-22(3,4)20-15-9-6-10-16-20/h5-11,13-17H,1-4H3/b17-11-. The Hall–Kier alpha value is -2.26. The Morgan fingerprint density at radius 2 is 1.23 bits per heavy atom. The smallest absolute Gasteiger partial charge is 0.0510 e. The lowest BCUT2D eigenvalue weighted by Crippen LogP contribution is -2.14. The summed E-state index contributed by atoms with van der Waals surface area (Å²) in [5.41, 5.74) is 2.41. The molecule has 0 aliphatic rings. The molecule has 0 atom stereocenters. The number of rotatable bonds is 3. The first-order valence-corrected chi connectivity index (χ1v) is 7.73. The maximum absolute atomic E-state index is 3.36. The largest absolute Gasteiger partial charge is 0.0875 e. The zero-order chi connectivity index (χ0) is 16.1. The van der Waals surface area contributed by atoms with Gasteiger partial charge in [0.25, 0.3) is 0 Å². The molecule has 2 aromatic carbocycles. The van der Waals surface area contributed by atoms with Gasteiger partial charge in [-0.05, 0) is 31.1 Å². The number of allylic oxidation sites excluding steroid dienone is 2. The highest BCUT2D eigenvalue weighted by Crippen LogP contribution is 2.24. The molecule has 2 aromatic rings. The van der Waals surface area contributed by atoms with Crippen LogP contribution in [0, 0.1) is 11.8 Å². The average molecular weight is 288 g/mol. The van der Waals surface area contributed by atoms with E-state index in [1.807, 2.05) is 18.2 Å². The highest BCUT2D eigenvalue weighted by molar-refractivity contribution is 5.37. The van der Waals surface area contributed by atoms with Gasteiger partial charge >= 0.3 is 0 Å².